The van der Waals surface area contributed by atoms with Gasteiger partial charge in [0.2, 0.25) is 5.16 Å². The minimum atomic E-state index is 0.583. The number of nitrogens with one attached hydrogen (secondary N) is 1. The van der Waals surface area contributed by atoms with E-state index in [0.717, 1.165) is 11.1 Å². The van der Waals surface area contributed by atoms with Gasteiger partial charge < -0.3 is 5.32 Å². The van der Waals surface area contributed by atoms with Gasteiger partial charge in [-0.3, -0.25) is 0 Å². The van der Waals surface area contributed by atoms with Crippen LogP contribution in [0.4, 0.5) is 0 Å². The fourth-order valence-electron chi connectivity index (χ4n) is 2.50. The summed E-state index contributed by atoms with van der Waals surface area (Å²) in [5, 5.41) is 16.6. The third-order valence-electron chi connectivity index (χ3n) is 3.69. The lowest BCUT2D eigenvalue weighted by Gasteiger charge is -2.34. The van der Waals surface area contributed by atoms with E-state index < -0.39 is 0 Å². The second kappa shape index (κ2) is 5.82. The standard InChI is InChI=1S/C11H21N5S/c1-4-8-5-6-9(12-2)10(7-8)17-11-13-14-15-16(11)3/h8-10,12H,4-7H2,1-3H3. The summed E-state index contributed by atoms with van der Waals surface area (Å²) in [6, 6.07) is 0.583. The highest BCUT2D eigenvalue weighted by Crippen LogP contribution is 2.36. The van der Waals surface area contributed by atoms with Crippen molar-refractivity contribution in [3.8, 4) is 0 Å². The first-order chi connectivity index (χ1) is 8.24. The van der Waals surface area contributed by atoms with Gasteiger partial charge in [0, 0.05) is 18.3 Å². The molecule has 0 aliphatic heterocycles. The van der Waals surface area contributed by atoms with Gasteiger partial charge in [-0.1, -0.05) is 25.1 Å². The summed E-state index contributed by atoms with van der Waals surface area (Å²) in [7, 11) is 3.95. The smallest absolute Gasteiger partial charge is 0.209 e. The van der Waals surface area contributed by atoms with Gasteiger partial charge in [0.1, 0.15) is 0 Å². The van der Waals surface area contributed by atoms with Crippen molar-refractivity contribution in [1.82, 2.24) is 25.5 Å². The number of aromatic nitrogens is 4. The summed E-state index contributed by atoms with van der Waals surface area (Å²) >= 11 is 1.81. The Kier molecular flexibility index (Phi) is 4.39. The van der Waals surface area contributed by atoms with E-state index in [2.05, 4.69) is 34.8 Å². The van der Waals surface area contributed by atoms with Crippen LogP contribution in [0.3, 0.4) is 0 Å². The second-order valence-corrected chi connectivity index (χ2v) is 5.93. The molecule has 0 amide bonds. The van der Waals surface area contributed by atoms with Crippen molar-refractivity contribution in [3.63, 3.8) is 0 Å². The lowest BCUT2D eigenvalue weighted by Crippen LogP contribution is -2.40. The van der Waals surface area contributed by atoms with E-state index in [-0.39, 0.29) is 0 Å². The van der Waals surface area contributed by atoms with Crippen LogP contribution in [-0.2, 0) is 7.05 Å². The Hall–Kier alpha value is -0.620. The summed E-state index contributed by atoms with van der Waals surface area (Å²) in [4.78, 5) is 0. The zero-order valence-corrected chi connectivity index (χ0v) is 11.6. The third-order valence-corrected chi connectivity index (χ3v) is 5.07. The van der Waals surface area contributed by atoms with Gasteiger partial charge in [0.25, 0.3) is 0 Å². The van der Waals surface area contributed by atoms with Gasteiger partial charge in [0.15, 0.2) is 0 Å². The van der Waals surface area contributed by atoms with Crippen LogP contribution in [0.2, 0.25) is 0 Å². The van der Waals surface area contributed by atoms with E-state index in [4.69, 9.17) is 0 Å². The molecule has 1 aliphatic carbocycles. The summed E-state index contributed by atoms with van der Waals surface area (Å²) < 4.78 is 1.76. The Morgan fingerprint density at radius 1 is 1.47 bits per heavy atom. The molecular weight excluding hydrogens is 234 g/mol. The summed E-state index contributed by atoms with van der Waals surface area (Å²) in [6.45, 7) is 2.29. The Morgan fingerprint density at radius 3 is 2.88 bits per heavy atom. The Labute approximate surface area is 107 Å². The molecule has 1 saturated carbocycles. The Bertz CT molecular complexity index is 353. The molecule has 0 saturated heterocycles. The van der Waals surface area contributed by atoms with E-state index in [1.165, 1.54) is 25.7 Å². The predicted octanol–water partition coefficient (Wildman–Crippen LogP) is 1.47. The van der Waals surface area contributed by atoms with Gasteiger partial charge in [-0.25, -0.2) is 4.68 Å². The maximum absolute atomic E-state index is 4.07. The van der Waals surface area contributed by atoms with E-state index in [9.17, 15) is 0 Å². The average Bonchev–Trinajstić information content (AvgIpc) is 2.75. The molecule has 1 fully saturated rings. The number of rotatable bonds is 4. The number of aryl methyl sites for hydroxylation is 1. The predicted molar refractivity (Wildman–Crippen MR) is 68.9 cm³/mol. The highest BCUT2D eigenvalue weighted by Gasteiger charge is 2.30. The highest BCUT2D eigenvalue weighted by molar-refractivity contribution is 7.99. The van der Waals surface area contributed by atoms with Crippen LogP contribution in [0.5, 0.6) is 0 Å². The molecule has 5 nitrogen and oxygen atoms in total. The molecule has 3 atom stereocenters. The number of thioether (sulfide) groups is 1. The van der Waals surface area contributed by atoms with Crippen LogP contribution in [0, 0.1) is 5.92 Å². The third kappa shape index (κ3) is 2.98. The minimum Gasteiger partial charge on any atom is -0.316 e. The van der Waals surface area contributed by atoms with Crippen molar-refractivity contribution in [3.05, 3.63) is 0 Å². The molecule has 1 aliphatic rings. The normalized spacial score (nSPS) is 29.5. The van der Waals surface area contributed by atoms with Crippen molar-refractivity contribution < 1.29 is 0 Å². The fraction of sp³-hybridized carbons (Fsp3) is 0.909. The van der Waals surface area contributed by atoms with Crippen molar-refractivity contribution >= 4 is 11.8 Å². The van der Waals surface area contributed by atoms with Gasteiger partial charge in [0.05, 0.1) is 0 Å². The maximum Gasteiger partial charge on any atom is 0.209 e. The number of hydrogen-bond donors (Lipinski definition) is 1. The quantitative estimate of drug-likeness (QED) is 0.883. The van der Waals surface area contributed by atoms with Crippen LogP contribution in [0.1, 0.15) is 32.6 Å². The molecule has 96 valence electrons. The first-order valence-corrected chi connectivity index (χ1v) is 7.18. The largest absolute Gasteiger partial charge is 0.316 e. The first-order valence-electron chi connectivity index (χ1n) is 6.30. The molecule has 17 heavy (non-hydrogen) atoms. The van der Waals surface area contributed by atoms with Gasteiger partial charge >= 0.3 is 0 Å². The molecule has 3 unspecified atom stereocenters. The molecule has 1 aromatic rings. The van der Waals surface area contributed by atoms with Crippen LogP contribution in [0.15, 0.2) is 5.16 Å². The maximum atomic E-state index is 4.07. The minimum absolute atomic E-state index is 0.583. The fourth-order valence-corrected chi connectivity index (χ4v) is 3.85. The van der Waals surface area contributed by atoms with Crippen molar-refractivity contribution in [2.24, 2.45) is 13.0 Å². The lowest BCUT2D eigenvalue weighted by molar-refractivity contribution is 0.304. The van der Waals surface area contributed by atoms with E-state index in [1.807, 2.05) is 18.8 Å². The summed E-state index contributed by atoms with van der Waals surface area (Å²) in [5.41, 5.74) is 0. The monoisotopic (exact) mass is 255 g/mol. The SMILES string of the molecule is CCC1CCC(NC)C(Sc2nnnn2C)C1. The van der Waals surface area contributed by atoms with Gasteiger partial charge in [-0.05, 0) is 42.7 Å². The average molecular weight is 255 g/mol. The topological polar surface area (TPSA) is 55.6 Å². The number of nitrogens with zero attached hydrogens (tertiary/aromatic N) is 4. The van der Waals surface area contributed by atoms with Crippen LogP contribution in [-0.4, -0.2) is 38.5 Å². The summed E-state index contributed by atoms with van der Waals surface area (Å²) in [5.74, 6) is 0.860. The van der Waals surface area contributed by atoms with E-state index in [1.54, 1.807) is 4.68 Å². The number of tetrazole rings is 1. The number of hydrogen-bond acceptors (Lipinski definition) is 5. The van der Waals surface area contributed by atoms with Crippen LogP contribution < -0.4 is 5.32 Å². The van der Waals surface area contributed by atoms with Crippen molar-refractivity contribution in [2.75, 3.05) is 7.05 Å². The lowest BCUT2D eigenvalue weighted by atomic mass is 9.84. The molecule has 0 bridgehead atoms. The van der Waals surface area contributed by atoms with Crippen LogP contribution >= 0.6 is 11.8 Å². The highest BCUT2D eigenvalue weighted by atomic mass is 32.2. The van der Waals surface area contributed by atoms with E-state index in [0.29, 0.717) is 11.3 Å². The summed E-state index contributed by atoms with van der Waals surface area (Å²) in [6.07, 6.45) is 5.15. The molecule has 2 rings (SSSR count). The van der Waals surface area contributed by atoms with Crippen LogP contribution in [0.25, 0.3) is 0 Å². The molecule has 1 heterocycles. The Morgan fingerprint density at radius 2 is 2.29 bits per heavy atom. The van der Waals surface area contributed by atoms with E-state index >= 15 is 0 Å². The zero-order valence-electron chi connectivity index (χ0n) is 10.8. The molecule has 6 heteroatoms. The Balaban J connectivity index is 2.03. The molecule has 0 radical (unpaired) electrons. The first kappa shape index (κ1) is 12.8. The molecule has 0 aromatic carbocycles. The van der Waals surface area contributed by atoms with Gasteiger partial charge in [-0.15, -0.1) is 5.10 Å². The van der Waals surface area contributed by atoms with Crippen molar-refractivity contribution in [2.45, 2.75) is 49.1 Å². The molecule has 1 N–H and O–H groups in total. The zero-order chi connectivity index (χ0) is 12.3. The molecule has 0 spiro atoms. The van der Waals surface area contributed by atoms with Crippen molar-refractivity contribution in [1.29, 1.82) is 0 Å². The van der Waals surface area contributed by atoms with Gasteiger partial charge in [-0.2, -0.15) is 0 Å². The second-order valence-electron chi connectivity index (χ2n) is 4.72. The molecule has 1 aromatic heterocycles. The molecular formula is C11H21N5S.